The van der Waals surface area contributed by atoms with Gasteiger partial charge in [0.2, 0.25) is 5.88 Å². The highest BCUT2D eigenvalue weighted by atomic mass is 16.5. The van der Waals surface area contributed by atoms with Gasteiger partial charge in [0.1, 0.15) is 11.9 Å². The van der Waals surface area contributed by atoms with E-state index in [-0.39, 0.29) is 12.0 Å². The van der Waals surface area contributed by atoms with Crippen LogP contribution >= 0.6 is 0 Å². The summed E-state index contributed by atoms with van der Waals surface area (Å²) in [5.74, 6) is 1.37. The fraction of sp³-hybridized carbons (Fsp3) is 0.519. The Bertz CT molecular complexity index is 1260. The van der Waals surface area contributed by atoms with Crippen molar-refractivity contribution in [3.05, 3.63) is 41.6 Å². The maximum Gasteiger partial charge on any atom is 0.251 e. The molecule has 1 aromatic carbocycles. The van der Waals surface area contributed by atoms with Gasteiger partial charge in [-0.3, -0.25) is 9.69 Å². The molecule has 10 heteroatoms. The van der Waals surface area contributed by atoms with Gasteiger partial charge in [0.15, 0.2) is 5.65 Å². The Labute approximate surface area is 216 Å². The zero-order valence-corrected chi connectivity index (χ0v) is 21.2. The Morgan fingerprint density at radius 1 is 1.14 bits per heavy atom. The zero-order chi connectivity index (χ0) is 25.2. The number of fused-ring (bicyclic) bond motifs is 1. The van der Waals surface area contributed by atoms with Crippen LogP contribution in [-0.2, 0) is 9.47 Å². The van der Waals surface area contributed by atoms with Crippen LogP contribution in [0.3, 0.4) is 0 Å². The number of hydrogen-bond donors (Lipinski definition) is 2. The molecule has 1 unspecified atom stereocenters. The summed E-state index contributed by atoms with van der Waals surface area (Å²) >= 11 is 0. The monoisotopic (exact) mass is 506 g/mol. The molecule has 3 aromatic rings. The molecule has 4 heterocycles. The number of anilines is 1. The molecular formula is C27H34N6O4. The number of ether oxygens (including phenoxy) is 3. The van der Waals surface area contributed by atoms with Crippen LogP contribution in [0.25, 0.3) is 16.8 Å². The van der Waals surface area contributed by atoms with E-state index in [0.29, 0.717) is 36.3 Å². The second kappa shape index (κ2) is 10.6. The van der Waals surface area contributed by atoms with Gasteiger partial charge >= 0.3 is 0 Å². The van der Waals surface area contributed by atoms with Gasteiger partial charge in [-0.25, -0.2) is 0 Å². The van der Waals surface area contributed by atoms with E-state index in [9.17, 15) is 4.79 Å². The molecule has 10 nitrogen and oxygen atoms in total. The van der Waals surface area contributed by atoms with Crippen molar-refractivity contribution in [2.75, 3.05) is 57.9 Å². The van der Waals surface area contributed by atoms with E-state index in [1.54, 1.807) is 0 Å². The lowest BCUT2D eigenvalue weighted by molar-refractivity contribution is 0.0398. The average Bonchev–Trinajstić information content (AvgIpc) is 3.37. The van der Waals surface area contributed by atoms with Crippen LogP contribution in [0, 0.1) is 6.92 Å². The lowest BCUT2D eigenvalue weighted by Gasteiger charge is -2.26. The number of carbonyl (C=O) groups is 1. The second-order valence-corrected chi connectivity index (χ2v) is 10.0. The third-order valence-electron chi connectivity index (χ3n) is 7.16. The van der Waals surface area contributed by atoms with E-state index in [0.717, 1.165) is 81.2 Å². The molecule has 1 aliphatic carbocycles. The Morgan fingerprint density at radius 2 is 2.00 bits per heavy atom. The first-order chi connectivity index (χ1) is 18.1. The Hall–Kier alpha value is -3.21. The molecule has 6 rings (SSSR count). The van der Waals surface area contributed by atoms with Gasteiger partial charge in [0.05, 0.1) is 32.6 Å². The first-order valence-corrected chi connectivity index (χ1v) is 13.2. The van der Waals surface area contributed by atoms with Crippen molar-refractivity contribution >= 4 is 17.4 Å². The van der Waals surface area contributed by atoms with Crippen molar-refractivity contribution in [1.29, 1.82) is 0 Å². The maximum absolute atomic E-state index is 12.6. The average molecular weight is 507 g/mol. The largest absolute Gasteiger partial charge is 0.472 e. The van der Waals surface area contributed by atoms with Crippen molar-refractivity contribution in [1.82, 2.24) is 24.8 Å². The Balaban J connectivity index is 1.28. The van der Waals surface area contributed by atoms with E-state index in [2.05, 4.69) is 20.6 Å². The molecule has 2 saturated heterocycles. The number of carbonyl (C=O) groups excluding carboxylic acids is 1. The molecule has 1 amide bonds. The molecule has 2 aliphatic heterocycles. The quantitative estimate of drug-likeness (QED) is 0.457. The molecule has 1 atom stereocenters. The third-order valence-corrected chi connectivity index (χ3v) is 7.16. The SMILES string of the molecule is Cc1cc(-c2cnn3c(NCCN4CCOCC4)cc(OC4CCOC4)nc23)ccc1C(=O)NC1CC1. The molecule has 3 fully saturated rings. The lowest BCUT2D eigenvalue weighted by atomic mass is 10.0. The van der Waals surface area contributed by atoms with Gasteiger partial charge in [-0.15, -0.1) is 0 Å². The molecule has 2 N–H and O–H groups in total. The summed E-state index contributed by atoms with van der Waals surface area (Å²) < 4.78 is 19.0. The molecule has 0 radical (unpaired) electrons. The standard InChI is InChI=1S/C27H34N6O4/c1-18-14-19(2-5-22(18)27(34)30-20-3-4-20)23-16-29-33-24(28-7-8-32-9-12-35-13-10-32)15-25(31-26(23)33)37-21-6-11-36-17-21/h2,5,14-16,20-21,28H,3-4,6-13,17H2,1H3,(H,30,34). The van der Waals surface area contributed by atoms with E-state index in [4.69, 9.17) is 19.2 Å². The van der Waals surface area contributed by atoms with Crippen LogP contribution in [0.15, 0.2) is 30.5 Å². The summed E-state index contributed by atoms with van der Waals surface area (Å²) in [6, 6.07) is 8.14. The van der Waals surface area contributed by atoms with Crippen molar-refractivity contribution in [3.8, 4) is 17.0 Å². The molecule has 3 aliphatic rings. The van der Waals surface area contributed by atoms with Crippen molar-refractivity contribution in [3.63, 3.8) is 0 Å². The minimum atomic E-state index is -0.00855. The Morgan fingerprint density at radius 3 is 2.76 bits per heavy atom. The smallest absolute Gasteiger partial charge is 0.251 e. The number of rotatable bonds is 9. The third kappa shape index (κ3) is 5.56. The Kier molecular flexibility index (Phi) is 6.95. The summed E-state index contributed by atoms with van der Waals surface area (Å²) in [6.07, 6.45) is 4.81. The maximum atomic E-state index is 12.6. The van der Waals surface area contributed by atoms with Crippen LogP contribution < -0.4 is 15.4 Å². The predicted molar refractivity (Wildman–Crippen MR) is 139 cm³/mol. The van der Waals surface area contributed by atoms with E-state index < -0.39 is 0 Å². The van der Waals surface area contributed by atoms with Crippen molar-refractivity contribution in [2.24, 2.45) is 0 Å². The first-order valence-electron chi connectivity index (χ1n) is 13.2. The summed E-state index contributed by atoms with van der Waals surface area (Å²) in [5, 5.41) is 11.3. The van der Waals surface area contributed by atoms with Crippen LogP contribution in [0.1, 0.15) is 35.2 Å². The van der Waals surface area contributed by atoms with Crippen LogP contribution in [-0.4, -0.2) is 90.2 Å². The minimum Gasteiger partial charge on any atom is -0.472 e. The summed E-state index contributed by atoms with van der Waals surface area (Å²) in [4.78, 5) is 19.8. The number of aromatic nitrogens is 3. The number of morpholine rings is 1. The summed E-state index contributed by atoms with van der Waals surface area (Å²) in [7, 11) is 0. The van der Waals surface area contributed by atoms with E-state index in [1.165, 1.54) is 0 Å². The van der Waals surface area contributed by atoms with Gasteiger partial charge in [0, 0.05) is 55.8 Å². The number of aryl methyl sites for hydroxylation is 1. The minimum absolute atomic E-state index is 0.00553. The first kappa shape index (κ1) is 24.1. The van der Waals surface area contributed by atoms with Crippen molar-refractivity contribution < 1.29 is 19.0 Å². The van der Waals surface area contributed by atoms with Gasteiger partial charge in [0.25, 0.3) is 5.91 Å². The highest BCUT2D eigenvalue weighted by molar-refractivity contribution is 5.97. The fourth-order valence-electron chi connectivity index (χ4n) is 4.85. The summed E-state index contributed by atoms with van der Waals surface area (Å²) in [6.45, 7) is 8.39. The molecule has 196 valence electrons. The van der Waals surface area contributed by atoms with E-state index in [1.807, 2.05) is 41.9 Å². The van der Waals surface area contributed by atoms with Gasteiger partial charge in [-0.1, -0.05) is 12.1 Å². The lowest BCUT2D eigenvalue weighted by Crippen LogP contribution is -2.39. The molecule has 1 saturated carbocycles. The topological polar surface area (TPSA) is 102 Å². The molecule has 37 heavy (non-hydrogen) atoms. The fourth-order valence-corrected chi connectivity index (χ4v) is 4.85. The number of amides is 1. The van der Waals surface area contributed by atoms with Gasteiger partial charge < -0.3 is 24.8 Å². The zero-order valence-electron chi connectivity index (χ0n) is 21.2. The second-order valence-electron chi connectivity index (χ2n) is 10.0. The van der Waals surface area contributed by atoms with Crippen LogP contribution in [0.2, 0.25) is 0 Å². The van der Waals surface area contributed by atoms with Gasteiger partial charge in [-0.2, -0.15) is 14.6 Å². The van der Waals surface area contributed by atoms with E-state index >= 15 is 0 Å². The molecule has 2 aromatic heterocycles. The molecule has 0 bridgehead atoms. The van der Waals surface area contributed by atoms with Crippen LogP contribution in [0.4, 0.5) is 5.82 Å². The highest BCUT2D eigenvalue weighted by Gasteiger charge is 2.25. The highest BCUT2D eigenvalue weighted by Crippen LogP contribution is 2.30. The van der Waals surface area contributed by atoms with Crippen molar-refractivity contribution in [2.45, 2.75) is 38.3 Å². The number of hydrogen-bond acceptors (Lipinski definition) is 8. The molecule has 0 spiro atoms. The number of benzene rings is 1. The predicted octanol–water partition coefficient (Wildman–Crippen LogP) is 2.51. The number of nitrogens with zero attached hydrogens (tertiary/aromatic N) is 4. The summed E-state index contributed by atoms with van der Waals surface area (Å²) in [5.41, 5.74) is 4.19. The van der Waals surface area contributed by atoms with Gasteiger partial charge in [-0.05, 0) is 37.0 Å². The van der Waals surface area contributed by atoms with Crippen LogP contribution in [0.5, 0.6) is 5.88 Å². The normalized spacial score (nSPS) is 20.3. The number of nitrogens with one attached hydrogen (secondary N) is 2. The molecular weight excluding hydrogens is 472 g/mol.